The molecule has 3 aromatic rings. The molecule has 1 aromatic heterocycles. The van der Waals surface area contributed by atoms with Crippen molar-refractivity contribution in [3.63, 3.8) is 0 Å². The Kier molecular flexibility index (Phi) is 6.85. The number of alkyl halides is 3. The number of hydrogen-bond donors (Lipinski definition) is 1. The van der Waals surface area contributed by atoms with Gasteiger partial charge in [-0.25, -0.2) is 14.2 Å². The van der Waals surface area contributed by atoms with Gasteiger partial charge in [0.15, 0.2) is 5.60 Å². The first-order chi connectivity index (χ1) is 14.9. The van der Waals surface area contributed by atoms with Gasteiger partial charge in [-0.05, 0) is 51.1 Å². The van der Waals surface area contributed by atoms with Crippen LogP contribution in [-0.2, 0) is 16.7 Å². The second-order valence-corrected chi connectivity index (χ2v) is 9.53. The molecule has 170 valence electrons. The van der Waals surface area contributed by atoms with Gasteiger partial charge >= 0.3 is 12.1 Å². The van der Waals surface area contributed by atoms with E-state index in [1.165, 1.54) is 43.0 Å². The minimum absolute atomic E-state index is 0.283. The number of aromatic nitrogens is 1. The number of benzene rings is 2. The van der Waals surface area contributed by atoms with Crippen molar-refractivity contribution in [2.45, 2.75) is 43.2 Å². The quantitative estimate of drug-likeness (QED) is 0.294. The molecule has 0 bridgehead atoms. The largest absolute Gasteiger partial charge is 0.478 e. The Labute approximate surface area is 190 Å². The Morgan fingerprint density at radius 3 is 2.53 bits per heavy atom. The van der Waals surface area contributed by atoms with Crippen LogP contribution >= 0.6 is 23.1 Å². The number of aliphatic carboxylic acids is 1. The lowest BCUT2D eigenvalue weighted by Gasteiger charge is -2.21. The summed E-state index contributed by atoms with van der Waals surface area (Å²) in [6, 6.07) is 9.80. The SMILES string of the molecule is Cc1nc(-c2ccc(C(F)(F)F)c(F)c2)sc1CSc1cccc(OC(C)(C)C(=O)O)c1. The maximum Gasteiger partial charge on any atom is 0.419 e. The lowest BCUT2D eigenvalue weighted by molar-refractivity contribution is -0.152. The molecule has 1 heterocycles. The Morgan fingerprint density at radius 1 is 1.19 bits per heavy atom. The smallest absolute Gasteiger partial charge is 0.419 e. The molecule has 0 aliphatic rings. The van der Waals surface area contributed by atoms with Crippen LogP contribution in [0.25, 0.3) is 10.6 Å². The molecule has 0 saturated heterocycles. The predicted octanol–water partition coefficient (Wildman–Crippen LogP) is 6.81. The molecule has 0 saturated carbocycles. The van der Waals surface area contributed by atoms with Gasteiger partial charge in [-0.1, -0.05) is 12.1 Å². The monoisotopic (exact) mass is 485 g/mol. The number of thioether (sulfide) groups is 1. The third-order valence-electron chi connectivity index (χ3n) is 4.48. The van der Waals surface area contributed by atoms with Crippen LogP contribution in [-0.4, -0.2) is 21.7 Å². The Hall–Kier alpha value is -2.59. The van der Waals surface area contributed by atoms with Gasteiger partial charge in [0.05, 0.1) is 11.3 Å². The topological polar surface area (TPSA) is 59.4 Å². The molecule has 0 radical (unpaired) electrons. The lowest BCUT2D eigenvalue weighted by Crippen LogP contribution is -2.37. The average Bonchev–Trinajstić information content (AvgIpc) is 3.06. The fraction of sp³-hybridized carbons (Fsp3) is 0.273. The van der Waals surface area contributed by atoms with Crippen molar-refractivity contribution < 1.29 is 32.2 Å². The molecule has 10 heteroatoms. The van der Waals surface area contributed by atoms with Crippen molar-refractivity contribution in [2.24, 2.45) is 0 Å². The maximum atomic E-state index is 13.9. The molecule has 0 aliphatic carbocycles. The first-order valence-corrected chi connectivity index (χ1v) is 11.2. The van der Waals surface area contributed by atoms with Crippen LogP contribution in [0.2, 0.25) is 0 Å². The number of carboxylic acids is 1. The maximum absolute atomic E-state index is 13.9. The van der Waals surface area contributed by atoms with Crippen molar-refractivity contribution in [1.82, 2.24) is 4.98 Å². The Morgan fingerprint density at radius 2 is 1.91 bits per heavy atom. The number of aryl methyl sites for hydroxylation is 1. The van der Waals surface area contributed by atoms with Crippen LogP contribution in [0.4, 0.5) is 17.6 Å². The summed E-state index contributed by atoms with van der Waals surface area (Å²) in [5, 5.41) is 9.64. The minimum atomic E-state index is -4.75. The summed E-state index contributed by atoms with van der Waals surface area (Å²) in [5.74, 6) is -1.47. The molecule has 4 nitrogen and oxygen atoms in total. The van der Waals surface area contributed by atoms with Gasteiger partial charge in [0, 0.05) is 21.1 Å². The van der Waals surface area contributed by atoms with E-state index >= 15 is 0 Å². The second-order valence-electron chi connectivity index (χ2n) is 7.40. The summed E-state index contributed by atoms with van der Waals surface area (Å²) in [5.41, 5.74) is -1.69. The van der Waals surface area contributed by atoms with E-state index in [0.717, 1.165) is 21.9 Å². The van der Waals surface area contributed by atoms with Gasteiger partial charge in [-0.2, -0.15) is 13.2 Å². The van der Waals surface area contributed by atoms with Gasteiger partial charge in [0.1, 0.15) is 16.6 Å². The molecule has 32 heavy (non-hydrogen) atoms. The van der Waals surface area contributed by atoms with Crippen LogP contribution in [0.5, 0.6) is 5.75 Å². The van der Waals surface area contributed by atoms with Crippen molar-refractivity contribution in [1.29, 1.82) is 0 Å². The number of halogens is 4. The van der Waals surface area contributed by atoms with Crippen molar-refractivity contribution >= 4 is 29.1 Å². The highest BCUT2D eigenvalue weighted by Gasteiger charge is 2.34. The molecular weight excluding hydrogens is 466 g/mol. The summed E-state index contributed by atoms with van der Waals surface area (Å²) in [6.07, 6.45) is -4.75. The summed E-state index contributed by atoms with van der Waals surface area (Å²) in [4.78, 5) is 17.4. The van der Waals surface area contributed by atoms with Crippen molar-refractivity contribution in [3.05, 3.63) is 64.4 Å². The zero-order valence-electron chi connectivity index (χ0n) is 17.3. The highest BCUT2D eigenvalue weighted by Crippen LogP contribution is 2.37. The lowest BCUT2D eigenvalue weighted by atomic mass is 10.1. The Balaban J connectivity index is 1.74. The molecule has 3 rings (SSSR count). The normalized spacial score (nSPS) is 12.1. The molecule has 0 spiro atoms. The standard InChI is InChI=1S/C22H19F4NO3S2/c1-12-18(11-31-15-6-4-5-14(10-15)30-21(2,3)20(28)29)32-19(27-12)13-7-8-16(17(23)9-13)22(24,25)26/h4-10H,11H2,1-3H3,(H,28,29). The third kappa shape index (κ3) is 5.60. The number of nitrogens with zero attached hydrogens (tertiary/aromatic N) is 1. The summed E-state index contributed by atoms with van der Waals surface area (Å²) >= 11 is 2.76. The third-order valence-corrected chi connectivity index (χ3v) is 6.89. The molecule has 0 atom stereocenters. The molecule has 0 aliphatic heterocycles. The number of carboxylic acid groups (broad SMARTS) is 1. The molecule has 1 N–H and O–H groups in total. The number of hydrogen-bond acceptors (Lipinski definition) is 5. The van der Waals surface area contributed by atoms with Crippen LogP contribution in [0.3, 0.4) is 0 Å². The predicted molar refractivity (Wildman–Crippen MR) is 116 cm³/mol. The first-order valence-electron chi connectivity index (χ1n) is 9.35. The molecule has 0 amide bonds. The zero-order chi connectivity index (χ0) is 23.7. The van der Waals surface area contributed by atoms with Crippen molar-refractivity contribution in [2.75, 3.05) is 0 Å². The summed E-state index contributed by atoms with van der Waals surface area (Å²) in [6.45, 7) is 4.70. The van der Waals surface area contributed by atoms with E-state index in [0.29, 0.717) is 22.2 Å². The van der Waals surface area contributed by atoms with E-state index in [2.05, 4.69) is 4.98 Å². The zero-order valence-corrected chi connectivity index (χ0v) is 18.9. The van der Waals surface area contributed by atoms with Gasteiger partial charge in [0.2, 0.25) is 0 Å². The fourth-order valence-electron chi connectivity index (χ4n) is 2.68. The highest BCUT2D eigenvalue weighted by molar-refractivity contribution is 7.98. The number of rotatable bonds is 7. The van der Waals surface area contributed by atoms with Gasteiger partial charge in [-0.15, -0.1) is 23.1 Å². The molecular formula is C22H19F4NO3S2. The molecule has 0 fully saturated rings. The number of carbonyl (C=O) groups is 1. The molecule has 0 unspecified atom stereocenters. The van der Waals surface area contributed by atoms with E-state index in [1.54, 1.807) is 25.1 Å². The Bertz CT molecular complexity index is 1140. The number of thiazole rings is 1. The van der Waals surface area contributed by atoms with Crippen LogP contribution < -0.4 is 4.74 Å². The summed E-state index contributed by atoms with van der Waals surface area (Å²) < 4.78 is 57.8. The van der Waals surface area contributed by atoms with Crippen molar-refractivity contribution in [3.8, 4) is 16.3 Å². The minimum Gasteiger partial charge on any atom is -0.478 e. The van der Waals surface area contributed by atoms with E-state index < -0.39 is 29.1 Å². The van der Waals surface area contributed by atoms with E-state index in [1.807, 2.05) is 6.07 Å². The van der Waals surface area contributed by atoms with E-state index in [4.69, 9.17) is 4.74 Å². The van der Waals surface area contributed by atoms with E-state index in [-0.39, 0.29) is 5.56 Å². The average molecular weight is 486 g/mol. The van der Waals surface area contributed by atoms with Gasteiger partial charge < -0.3 is 9.84 Å². The fourth-order valence-corrected chi connectivity index (χ4v) is 4.83. The number of ether oxygens (including phenoxy) is 1. The van der Waals surface area contributed by atoms with Crippen LogP contribution in [0.15, 0.2) is 47.4 Å². The van der Waals surface area contributed by atoms with E-state index in [9.17, 15) is 27.5 Å². The first kappa shape index (κ1) is 24.1. The van der Waals surface area contributed by atoms with Crippen LogP contribution in [0.1, 0.15) is 30.0 Å². The highest BCUT2D eigenvalue weighted by atomic mass is 32.2. The van der Waals surface area contributed by atoms with Gasteiger partial charge in [-0.3, -0.25) is 0 Å². The van der Waals surface area contributed by atoms with Crippen LogP contribution in [0, 0.1) is 12.7 Å². The molecule has 2 aromatic carbocycles. The second kappa shape index (κ2) is 9.11. The van der Waals surface area contributed by atoms with Gasteiger partial charge in [0.25, 0.3) is 0 Å². The summed E-state index contributed by atoms with van der Waals surface area (Å²) in [7, 11) is 0.